The first-order valence-corrected chi connectivity index (χ1v) is 24.8. The molecular formula is C46H85NO12S. The molecule has 0 bridgehead atoms. The van der Waals surface area contributed by atoms with Gasteiger partial charge in [0, 0.05) is 0 Å². The quantitative estimate of drug-likeness (QED) is 0.0178. The number of unbranched alkanes of at least 4 members (excludes halogenated alkanes) is 23. The minimum Gasteiger partial charge on any atom is -0.394 e. The highest BCUT2D eigenvalue weighted by Crippen LogP contribution is 2.26. The number of aliphatic hydroxyl groups is 5. The fraction of sp³-hybridized carbons (Fsp3) is 0.848. The van der Waals surface area contributed by atoms with Crippen LogP contribution in [-0.4, -0.2) is 107 Å². The van der Waals surface area contributed by atoms with Crippen LogP contribution in [-0.2, 0) is 28.9 Å². The fourth-order valence-corrected chi connectivity index (χ4v) is 7.89. The van der Waals surface area contributed by atoms with Crippen molar-refractivity contribution in [3.8, 4) is 0 Å². The lowest BCUT2D eigenvalue weighted by molar-refractivity contribution is -0.298. The van der Waals surface area contributed by atoms with Crippen molar-refractivity contribution in [2.75, 3.05) is 13.2 Å². The van der Waals surface area contributed by atoms with E-state index in [1.54, 1.807) is 6.08 Å². The Bertz CT molecular complexity index is 1230. The molecule has 0 aromatic carbocycles. The van der Waals surface area contributed by atoms with Crippen molar-refractivity contribution in [3.63, 3.8) is 0 Å². The normalized spacial score (nSPS) is 21.6. The van der Waals surface area contributed by atoms with Crippen LogP contribution in [0.2, 0.25) is 0 Å². The molecule has 14 heteroatoms. The summed E-state index contributed by atoms with van der Waals surface area (Å²) in [6.07, 6.45) is 31.4. The monoisotopic (exact) mass is 876 g/mol. The Balaban J connectivity index is 2.44. The largest absolute Gasteiger partial charge is 0.397 e. The van der Waals surface area contributed by atoms with Gasteiger partial charge in [-0.15, -0.1) is 0 Å². The van der Waals surface area contributed by atoms with E-state index in [4.69, 9.17) is 14.0 Å². The lowest BCUT2D eigenvalue weighted by Gasteiger charge is -2.41. The molecule has 1 fully saturated rings. The summed E-state index contributed by atoms with van der Waals surface area (Å²) >= 11 is 0. The Labute approximate surface area is 363 Å². The highest BCUT2D eigenvalue weighted by Gasteiger charge is 2.48. The lowest BCUT2D eigenvalue weighted by atomic mass is 9.99. The summed E-state index contributed by atoms with van der Waals surface area (Å²) in [7, 11) is -5.12. The number of nitrogens with one attached hydrogen (secondary N) is 1. The molecule has 1 saturated heterocycles. The van der Waals surface area contributed by atoms with Crippen LogP contribution in [0.4, 0.5) is 0 Å². The van der Waals surface area contributed by atoms with Gasteiger partial charge < -0.3 is 40.3 Å². The van der Waals surface area contributed by atoms with Crippen molar-refractivity contribution < 1.29 is 57.0 Å². The predicted molar refractivity (Wildman–Crippen MR) is 238 cm³/mol. The van der Waals surface area contributed by atoms with Gasteiger partial charge in [0.1, 0.15) is 30.5 Å². The van der Waals surface area contributed by atoms with Crippen molar-refractivity contribution in [1.29, 1.82) is 0 Å². The van der Waals surface area contributed by atoms with E-state index >= 15 is 0 Å². The molecule has 352 valence electrons. The van der Waals surface area contributed by atoms with Crippen LogP contribution in [0.15, 0.2) is 36.5 Å². The van der Waals surface area contributed by atoms with Crippen LogP contribution in [0.5, 0.6) is 0 Å². The van der Waals surface area contributed by atoms with Gasteiger partial charge in [-0.25, -0.2) is 4.18 Å². The Morgan fingerprint density at radius 1 is 0.700 bits per heavy atom. The Morgan fingerprint density at radius 3 is 1.60 bits per heavy atom. The summed E-state index contributed by atoms with van der Waals surface area (Å²) in [5, 5.41) is 55.0. The number of carbonyl (C=O) groups excluding carboxylic acids is 1. The highest BCUT2D eigenvalue weighted by atomic mass is 32.3. The van der Waals surface area contributed by atoms with Crippen LogP contribution in [0.3, 0.4) is 0 Å². The van der Waals surface area contributed by atoms with Gasteiger partial charge in [0.15, 0.2) is 6.29 Å². The van der Waals surface area contributed by atoms with Crippen LogP contribution >= 0.6 is 0 Å². The van der Waals surface area contributed by atoms with E-state index in [0.717, 1.165) is 38.5 Å². The maximum atomic E-state index is 13.1. The molecule has 0 spiro atoms. The van der Waals surface area contributed by atoms with Crippen LogP contribution in [0, 0.1) is 0 Å². The molecule has 0 saturated carbocycles. The molecule has 13 nitrogen and oxygen atoms in total. The molecule has 0 aromatic heterocycles. The Morgan fingerprint density at radius 2 is 1.15 bits per heavy atom. The van der Waals surface area contributed by atoms with Gasteiger partial charge >= 0.3 is 10.4 Å². The number of rotatable bonds is 39. The average molecular weight is 876 g/mol. The van der Waals surface area contributed by atoms with Crippen molar-refractivity contribution in [2.24, 2.45) is 0 Å². The minimum absolute atomic E-state index is 0.236. The number of hydrogen-bond donors (Lipinski definition) is 7. The number of hydrogen-bond acceptors (Lipinski definition) is 11. The van der Waals surface area contributed by atoms with Gasteiger partial charge in [0.2, 0.25) is 5.91 Å². The van der Waals surface area contributed by atoms with E-state index < -0.39 is 78.5 Å². The summed E-state index contributed by atoms with van der Waals surface area (Å²) in [6, 6.07) is -1.14. The Kier molecular flexibility index (Phi) is 34.5. The van der Waals surface area contributed by atoms with Crippen molar-refractivity contribution in [1.82, 2.24) is 5.32 Å². The first-order valence-electron chi connectivity index (χ1n) is 23.4. The summed E-state index contributed by atoms with van der Waals surface area (Å²) in [4.78, 5) is 13.1. The molecule has 0 radical (unpaired) electrons. The smallest absolute Gasteiger partial charge is 0.394 e. The van der Waals surface area contributed by atoms with Gasteiger partial charge in [-0.05, 0) is 39.0 Å². The van der Waals surface area contributed by atoms with E-state index in [2.05, 4.69) is 28.6 Å². The van der Waals surface area contributed by atoms with Crippen LogP contribution in [0.25, 0.3) is 0 Å². The number of aliphatic hydroxyl groups excluding tert-OH is 5. The molecule has 0 aliphatic carbocycles. The maximum Gasteiger partial charge on any atom is 0.397 e. The van der Waals surface area contributed by atoms with E-state index in [1.807, 2.05) is 19.1 Å². The summed E-state index contributed by atoms with van der Waals surface area (Å²) in [5.41, 5.74) is 0. The van der Waals surface area contributed by atoms with E-state index in [1.165, 1.54) is 122 Å². The molecule has 7 N–H and O–H groups in total. The molecule has 8 unspecified atom stereocenters. The molecule has 1 rings (SSSR count). The third-order valence-corrected chi connectivity index (χ3v) is 11.6. The zero-order valence-corrected chi connectivity index (χ0v) is 37.9. The standard InChI is InChI=1S/C46H85NO12S/c1-3-5-7-9-11-13-14-15-16-17-18-19-20-21-22-23-24-25-27-29-31-33-35-40(50)45(53)47-38(39(49)34-32-30-28-26-12-10-8-6-4-2)37-57-46-43(52)44(59-60(54,55)56)42(51)41(36-48)58-46/h4,6,12,26,32,34,38-44,46,48-52H,3,5,7-11,13-25,27-31,33,35-37H2,1-2H3,(H,47,53)(H,54,55,56)/b6-4+,26-12+,34-32+. The lowest BCUT2D eigenvalue weighted by Crippen LogP contribution is -2.61. The van der Waals surface area contributed by atoms with Crippen molar-refractivity contribution in [2.45, 2.75) is 236 Å². The summed E-state index contributed by atoms with van der Waals surface area (Å²) in [6.45, 7) is 2.95. The first kappa shape index (κ1) is 56.3. The molecule has 1 amide bonds. The SMILES string of the molecule is C/C=C/CC/C=C/CC/C=C/C(O)C(COC1OC(CO)C(O)C(OS(=O)(=O)O)C1O)NC(=O)C(O)CCCCCCCCCCCCCCCCCCCCCCCC. The predicted octanol–water partition coefficient (Wildman–Crippen LogP) is 8.08. The van der Waals surface area contributed by atoms with Crippen molar-refractivity contribution in [3.05, 3.63) is 36.5 Å². The minimum atomic E-state index is -5.12. The molecule has 60 heavy (non-hydrogen) atoms. The third-order valence-electron chi connectivity index (χ3n) is 11.1. The zero-order chi connectivity index (χ0) is 44.3. The second-order valence-electron chi connectivity index (χ2n) is 16.5. The number of allylic oxidation sites excluding steroid dienone is 5. The maximum absolute atomic E-state index is 13.1. The number of carbonyl (C=O) groups is 1. The van der Waals surface area contributed by atoms with Gasteiger partial charge in [-0.3, -0.25) is 9.35 Å². The zero-order valence-electron chi connectivity index (χ0n) is 37.1. The third kappa shape index (κ3) is 28.8. The van der Waals surface area contributed by atoms with Crippen LogP contribution < -0.4 is 5.32 Å². The second-order valence-corrected chi connectivity index (χ2v) is 17.5. The van der Waals surface area contributed by atoms with Crippen LogP contribution in [0.1, 0.15) is 187 Å². The number of amides is 1. The molecule has 8 atom stereocenters. The highest BCUT2D eigenvalue weighted by molar-refractivity contribution is 7.80. The molecular weight excluding hydrogens is 791 g/mol. The average Bonchev–Trinajstić information content (AvgIpc) is 3.22. The summed E-state index contributed by atoms with van der Waals surface area (Å²) < 4.78 is 47.3. The number of ether oxygens (including phenoxy) is 2. The topological polar surface area (TPSA) is 212 Å². The fourth-order valence-electron chi connectivity index (χ4n) is 7.38. The summed E-state index contributed by atoms with van der Waals surface area (Å²) in [5.74, 6) is -0.718. The van der Waals surface area contributed by atoms with Gasteiger partial charge in [0.25, 0.3) is 0 Å². The first-order chi connectivity index (χ1) is 28.9. The van der Waals surface area contributed by atoms with Gasteiger partial charge in [-0.1, -0.05) is 185 Å². The molecule has 1 aliphatic heterocycles. The van der Waals surface area contributed by atoms with E-state index in [9.17, 15) is 38.7 Å². The second kappa shape index (κ2) is 36.7. The molecule has 1 aliphatic rings. The molecule has 1 heterocycles. The Hall–Kier alpha value is -1.72. The van der Waals surface area contributed by atoms with Gasteiger partial charge in [0.05, 0.1) is 25.4 Å². The van der Waals surface area contributed by atoms with E-state index in [-0.39, 0.29) is 6.42 Å². The van der Waals surface area contributed by atoms with Crippen molar-refractivity contribution >= 4 is 16.3 Å². The van der Waals surface area contributed by atoms with E-state index in [0.29, 0.717) is 12.8 Å². The van der Waals surface area contributed by atoms with Gasteiger partial charge in [-0.2, -0.15) is 8.42 Å². The molecule has 0 aromatic rings.